The molecule has 2 fully saturated rings. The SMILES string of the molecule is Cc1sc2c(c1C)C(c1ccc(Cl)cc1)=N[C@@H](CC(=O)NC[C@H]1NC(=O)[C@@H](Cc3ccc(-c4ccccc4)cc3)NC(=O)[C@@H](Cc3ccc(-c4ccccc4)cc3)NC(=O)[C@@H]3CCCN3C(=O)C(C(C)(C)C)NC(=O)COCCNC1=O)c1nnc(C)n1-2. The number of rotatable bonds is 11. The summed E-state index contributed by atoms with van der Waals surface area (Å²) in [6, 6.07) is 35.0. The molecule has 0 radical (unpaired) electrons. The number of aryl methyl sites for hydroxylation is 2. The summed E-state index contributed by atoms with van der Waals surface area (Å²) in [7, 11) is 0. The van der Waals surface area contributed by atoms with Crippen LogP contribution in [-0.4, -0.2) is 130 Å². The number of nitrogens with one attached hydrogen (secondary N) is 6. The van der Waals surface area contributed by atoms with Gasteiger partial charge in [-0.05, 0) is 90.1 Å². The van der Waals surface area contributed by atoms with Crippen molar-refractivity contribution in [3.05, 3.63) is 183 Å². The van der Waals surface area contributed by atoms with Gasteiger partial charge in [-0.3, -0.25) is 43.1 Å². The predicted molar refractivity (Wildman–Crippen MR) is 338 cm³/mol. The molecule has 0 saturated carbocycles. The van der Waals surface area contributed by atoms with Crippen molar-refractivity contribution in [1.82, 2.24) is 51.6 Å². The van der Waals surface area contributed by atoms with Gasteiger partial charge in [-0.15, -0.1) is 21.5 Å². The van der Waals surface area contributed by atoms with Crippen LogP contribution >= 0.6 is 22.9 Å². The van der Waals surface area contributed by atoms with Crippen LogP contribution in [0.1, 0.15) is 90.4 Å². The maximum absolute atomic E-state index is 15.2. The summed E-state index contributed by atoms with van der Waals surface area (Å²) in [6.07, 6.45) is 0.477. The van der Waals surface area contributed by atoms with E-state index in [0.717, 1.165) is 48.8 Å². The lowest BCUT2D eigenvalue weighted by Crippen LogP contribution is -2.61. The fourth-order valence-electron chi connectivity index (χ4n) is 11.3. The minimum absolute atomic E-state index is 0.0132. The fourth-order valence-corrected chi connectivity index (χ4v) is 12.6. The Bertz CT molecular complexity index is 3740. The third-order valence-electron chi connectivity index (χ3n) is 16.2. The average molecular weight is 1230 g/mol. The monoisotopic (exact) mass is 1230 g/mol. The smallest absolute Gasteiger partial charge is 0.246 e. The average Bonchev–Trinajstić information content (AvgIpc) is 2.06. The van der Waals surface area contributed by atoms with Gasteiger partial charge in [0.25, 0.3) is 0 Å². The van der Waals surface area contributed by atoms with E-state index in [1.165, 1.54) is 4.90 Å². The summed E-state index contributed by atoms with van der Waals surface area (Å²) in [5.74, 6) is -3.33. The second-order valence-electron chi connectivity index (χ2n) is 23.5. The Labute approximate surface area is 520 Å². The number of amides is 7. The maximum atomic E-state index is 15.2. The number of halogens is 1. The molecule has 2 saturated heterocycles. The van der Waals surface area contributed by atoms with Crippen molar-refractivity contribution in [2.45, 2.75) is 110 Å². The quantitative estimate of drug-likeness (QED) is 0.0757. The molecule has 5 aromatic carbocycles. The minimum atomic E-state index is -1.44. The molecule has 0 spiro atoms. The largest absolute Gasteiger partial charge is 0.370 e. The van der Waals surface area contributed by atoms with Crippen LogP contribution in [0.2, 0.25) is 5.02 Å². The minimum Gasteiger partial charge on any atom is -0.370 e. The predicted octanol–water partition coefficient (Wildman–Crippen LogP) is 7.25. The van der Waals surface area contributed by atoms with Crippen LogP contribution in [0.25, 0.3) is 27.3 Å². The summed E-state index contributed by atoms with van der Waals surface area (Å²) in [5.41, 5.74) is 7.68. The molecule has 88 heavy (non-hydrogen) atoms. The summed E-state index contributed by atoms with van der Waals surface area (Å²) in [5, 5.41) is 27.6. The molecule has 10 rings (SSSR count). The number of hydrogen-bond donors (Lipinski definition) is 6. The number of benzene rings is 5. The highest BCUT2D eigenvalue weighted by molar-refractivity contribution is 7.15. The van der Waals surface area contributed by atoms with Gasteiger partial charge < -0.3 is 41.5 Å². The zero-order valence-electron chi connectivity index (χ0n) is 50.0. The Balaban J connectivity index is 0.972. The number of carbonyl (C=O) groups excluding carboxylic acids is 7. The third kappa shape index (κ3) is 14.6. The summed E-state index contributed by atoms with van der Waals surface area (Å²) < 4.78 is 7.64. The van der Waals surface area contributed by atoms with Crippen molar-refractivity contribution in [3.63, 3.8) is 0 Å². The number of fused-ring (bicyclic) bond motifs is 4. The molecule has 1 unspecified atom stereocenters. The maximum Gasteiger partial charge on any atom is 0.246 e. The highest BCUT2D eigenvalue weighted by Crippen LogP contribution is 2.40. The Morgan fingerprint density at radius 3 is 1.83 bits per heavy atom. The van der Waals surface area contributed by atoms with Gasteiger partial charge in [-0.2, -0.15) is 0 Å². The first-order chi connectivity index (χ1) is 42.3. The second-order valence-corrected chi connectivity index (χ2v) is 25.2. The molecule has 6 N–H and O–H groups in total. The number of aliphatic imine (C=N–C) groups is 1. The van der Waals surface area contributed by atoms with E-state index in [1.54, 1.807) is 23.5 Å². The lowest BCUT2D eigenvalue weighted by molar-refractivity contribution is -0.145. The van der Waals surface area contributed by atoms with Crippen LogP contribution in [0.3, 0.4) is 0 Å². The van der Waals surface area contributed by atoms with E-state index in [2.05, 4.69) is 42.1 Å². The Hall–Kier alpha value is -8.85. The number of ether oxygens (including phenoxy) is 1. The van der Waals surface area contributed by atoms with Crippen LogP contribution < -0.4 is 31.9 Å². The Morgan fingerprint density at radius 2 is 1.24 bits per heavy atom. The van der Waals surface area contributed by atoms with Crippen molar-refractivity contribution in [2.24, 2.45) is 10.4 Å². The Morgan fingerprint density at radius 1 is 0.682 bits per heavy atom. The van der Waals surface area contributed by atoms with E-state index < -0.39 is 96.2 Å². The number of aromatic nitrogens is 3. The van der Waals surface area contributed by atoms with Crippen LogP contribution in [0.5, 0.6) is 0 Å². The number of hydrogen-bond acceptors (Lipinski definition) is 12. The molecule has 0 bridgehead atoms. The normalized spacial score (nSPS) is 20.8. The fraction of sp³-hybridized carbons (Fsp3) is 0.343. The zero-order chi connectivity index (χ0) is 62.2. The van der Waals surface area contributed by atoms with E-state index in [4.69, 9.17) is 21.3 Å². The lowest BCUT2D eigenvalue weighted by atomic mass is 9.85. The zero-order valence-corrected chi connectivity index (χ0v) is 51.6. The first kappa shape index (κ1) is 62.2. The molecule has 5 heterocycles. The summed E-state index contributed by atoms with van der Waals surface area (Å²) in [6.45, 7) is 10.4. The van der Waals surface area contributed by atoms with Gasteiger partial charge in [0.15, 0.2) is 5.82 Å². The molecule has 2 aromatic heterocycles. The topological polar surface area (TPSA) is 247 Å². The molecular formula is C67H72ClN11O8S. The van der Waals surface area contributed by atoms with Crippen molar-refractivity contribution >= 4 is 70.0 Å². The van der Waals surface area contributed by atoms with E-state index in [1.807, 2.05) is 167 Å². The molecule has 19 nitrogen and oxygen atoms in total. The van der Waals surface area contributed by atoms with E-state index in [-0.39, 0.29) is 39.0 Å². The second kappa shape index (κ2) is 27.5. The van der Waals surface area contributed by atoms with Gasteiger partial charge in [0.05, 0.1) is 18.7 Å². The number of carbonyl (C=O) groups is 7. The van der Waals surface area contributed by atoms with Gasteiger partial charge >= 0.3 is 0 Å². The molecule has 3 aliphatic rings. The molecule has 0 aliphatic carbocycles. The van der Waals surface area contributed by atoms with Gasteiger partial charge in [0.2, 0.25) is 41.4 Å². The standard InChI is InChI=1S/C67H72ClN11O8S/c1-39-40(2)88-66-57(39)58(48-27-29-49(68)30-28-48)71-50(60-77-76-41(3)79(60)66)36-55(80)70-37-53-61(82)69-31-33-87-38-56(81)75-59(67(4,5)6)65(86)78-32-13-18-54(78)64(85)73-52(35-43-21-25-47(26-22-43)45-16-11-8-12-17-45)62(83)72-51(63(84)74-53)34-42-19-23-46(24-20-42)44-14-9-7-10-15-44/h7-12,14-17,19-30,50-54,59H,13,18,31-38H2,1-6H3,(H,69,82)(H,70,80)(H,72,83)(H,73,85)(H,74,84)(H,75,81)/t50-,51+,52+,53+,54-,59?/m0/s1. The molecule has 7 amide bonds. The van der Waals surface area contributed by atoms with Crippen molar-refractivity contribution in [2.75, 3.05) is 32.8 Å². The van der Waals surface area contributed by atoms with Crippen LogP contribution in [0.4, 0.5) is 0 Å². The first-order valence-corrected chi connectivity index (χ1v) is 30.8. The highest BCUT2D eigenvalue weighted by atomic mass is 35.5. The van der Waals surface area contributed by atoms with E-state index in [9.17, 15) is 24.0 Å². The van der Waals surface area contributed by atoms with Crippen LogP contribution in [0, 0.1) is 26.2 Å². The highest BCUT2D eigenvalue weighted by Gasteiger charge is 2.43. The molecule has 21 heteroatoms. The van der Waals surface area contributed by atoms with Gasteiger partial charge in [0.1, 0.15) is 53.7 Å². The molecule has 3 aliphatic heterocycles. The molecule has 7 aromatic rings. The van der Waals surface area contributed by atoms with E-state index >= 15 is 9.59 Å². The van der Waals surface area contributed by atoms with Crippen LogP contribution in [0.15, 0.2) is 138 Å². The van der Waals surface area contributed by atoms with Crippen molar-refractivity contribution in [3.8, 4) is 27.3 Å². The molecular weight excluding hydrogens is 1150 g/mol. The molecule has 6 atom stereocenters. The van der Waals surface area contributed by atoms with Crippen molar-refractivity contribution < 1.29 is 38.3 Å². The summed E-state index contributed by atoms with van der Waals surface area (Å²) in [4.78, 5) is 110. The van der Waals surface area contributed by atoms with Crippen molar-refractivity contribution in [1.29, 1.82) is 0 Å². The number of nitrogens with zero attached hydrogens (tertiary/aromatic N) is 5. The Kier molecular flexibility index (Phi) is 19.4. The van der Waals surface area contributed by atoms with Gasteiger partial charge in [0, 0.05) is 53.5 Å². The lowest BCUT2D eigenvalue weighted by Gasteiger charge is -2.35. The van der Waals surface area contributed by atoms with E-state index in [0.29, 0.717) is 46.4 Å². The van der Waals surface area contributed by atoms with Gasteiger partial charge in [-0.25, -0.2) is 0 Å². The third-order valence-corrected chi connectivity index (χ3v) is 17.6. The number of thiophene rings is 1. The van der Waals surface area contributed by atoms with Gasteiger partial charge in [-0.1, -0.05) is 154 Å². The molecule has 456 valence electrons. The van der Waals surface area contributed by atoms with Crippen LogP contribution in [-0.2, 0) is 51.1 Å². The first-order valence-electron chi connectivity index (χ1n) is 29.6. The summed E-state index contributed by atoms with van der Waals surface area (Å²) >= 11 is 7.93.